The molecule has 2 aromatic rings. The van der Waals surface area contributed by atoms with Crippen molar-refractivity contribution >= 4 is 16.9 Å². The Bertz CT molecular complexity index is 803. The van der Waals surface area contributed by atoms with Crippen molar-refractivity contribution in [1.82, 2.24) is 29.5 Å². The van der Waals surface area contributed by atoms with Crippen LogP contribution >= 0.6 is 0 Å². The molecular formula is C17H26N6O2. The minimum Gasteiger partial charge on any atom is -0.353 e. The second-order valence-corrected chi connectivity index (χ2v) is 7.05. The summed E-state index contributed by atoms with van der Waals surface area (Å²) < 4.78 is 2.87. The van der Waals surface area contributed by atoms with Crippen molar-refractivity contribution in [2.24, 2.45) is 13.0 Å². The van der Waals surface area contributed by atoms with Crippen molar-refractivity contribution in [3.63, 3.8) is 0 Å². The number of nitrogens with one attached hydrogen (secondary N) is 1. The minimum atomic E-state index is -0.244. The van der Waals surface area contributed by atoms with Crippen molar-refractivity contribution in [1.29, 1.82) is 0 Å². The van der Waals surface area contributed by atoms with E-state index in [2.05, 4.69) is 34.1 Å². The smallest absolute Gasteiger partial charge is 0.264 e. The molecule has 1 atom stereocenters. The van der Waals surface area contributed by atoms with E-state index in [1.807, 2.05) is 0 Å². The van der Waals surface area contributed by atoms with Gasteiger partial charge in [0.1, 0.15) is 18.3 Å². The van der Waals surface area contributed by atoms with Crippen LogP contribution in [0.5, 0.6) is 0 Å². The first-order valence-electron chi connectivity index (χ1n) is 8.83. The number of carbonyl (C=O) groups is 1. The maximum Gasteiger partial charge on any atom is 0.264 e. The number of amides is 1. The summed E-state index contributed by atoms with van der Waals surface area (Å²) in [6.45, 7) is 7.14. The van der Waals surface area contributed by atoms with Crippen LogP contribution in [0.2, 0.25) is 0 Å². The van der Waals surface area contributed by atoms with Crippen LogP contribution in [-0.4, -0.2) is 55.8 Å². The fraction of sp³-hybridized carbons (Fsp3) is 0.647. The quantitative estimate of drug-likeness (QED) is 0.845. The van der Waals surface area contributed by atoms with Crippen molar-refractivity contribution in [2.45, 2.75) is 39.3 Å². The van der Waals surface area contributed by atoms with E-state index < -0.39 is 0 Å². The summed E-state index contributed by atoms with van der Waals surface area (Å²) in [5, 5.41) is 7.38. The van der Waals surface area contributed by atoms with E-state index >= 15 is 0 Å². The average molecular weight is 346 g/mol. The fourth-order valence-electron chi connectivity index (χ4n) is 3.25. The molecule has 0 aliphatic carbocycles. The molecule has 0 aromatic carbocycles. The molecule has 25 heavy (non-hydrogen) atoms. The van der Waals surface area contributed by atoms with Gasteiger partial charge in [0.2, 0.25) is 5.91 Å². The molecule has 0 bridgehead atoms. The molecule has 136 valence electrons. The summed E-state index contributed by atoms with van der Waals surface area (Å²) in [5.41, 5.74) is 0.279. The van der Waals surface area contributed by atoms with Gasteiger partial charge in [-0.1, -0.05) is 6.92 Å². The molecular weight excluding hydrogens is 320 g/mol. The van der Waals surface area contributed by atoms with Crippen LogP contribution in [0.25, 0.3) is 11.0 Å². The number of aryl methyl sites for hydroxylation is 1. The zero-order chi connectivity index (χ0) is 18.0. The molecule has 0 saturated carbocycles. The molecule has 0 unspecified atom stereocenters. The molecule has 0 spiro atoms. The Kier molecular flexibility index (Phi) is 5.17. The zero-order valence-corrected chi connectivity index (χ0v) is 15.1. The first-order valence-corrected chi connectivity index (χ1v) is 8.83. The monoisotopic (exact) mass is 346 g/mol. The molecule has 1 aliphatic heterocycles. The number of likely N-dealkylation sites (tertiary alicyclic amines) is 1. The van der Waals surface area contributed by atoms with Crippen LogP contribution < -0.4 is 10.9 Å². The highest BCUT2D eigenvalue weighted by Gasteiger charge is 2.20. The van der Waals surface area contributed by atoms with Crippen molar-refractivity contribution < 1.29 is 4.79 Å². The van der Waals surface area contributed by atoms with Gasteiger partial charge in [0.15, 0.2) is 5.65 Å². The number of nitrogens with zero attached hydrogens (tertiary/aromatic N) is 5. The van der Waals surface area contributed by atoms with Crippen molar-refractivity contribution in [3.8, 4) is 0 Å². The minimum absolute atomic E-state index is 0.0274. The number of rotatable bonds is 5. The molecule has 1 amide bonds. The molecule has 1 fully saturated rings. The third-order valence-corrected chi connectivity index (χ3v) is 5.07. The Morgan fingerprint density at radius 3 is 2.84 bits per heavy atom. The third kappa shape index (κ3) is 3.89. The Balaban J connectivity index is 1.56. The normalized spacial score (nSPS) is 17.7. The highest BCUT2D eigenvalue weighted by atomic mass is 16.2. The third-order valence-electron chi connectivity index (χ3n) is 5.07. The molecule has 1 aliphatic rings. The number of aromatic nitrogens is 4. The van der Waals surface area contributed by atoms with Gasteiger partial charge in [-0.15, -0.1) is 0 Å². The van der Waals surface area contributed by atoms with Gasteiger partial charge in [-0.2, -0.15) is 5.10 Å². The van der Waals surface area contributed by atoms with Crippen molar-refractivity contribution in [2.75, 3.05) is 19.6 Å². The Morgan fingerprint density at radius 2 is 2.12 bits per heavy atom. The lowest BCUT2D eigenvalue weighted by Gasteiger charge is -2.35. The van der Waals surface area contributed by atoms with E-state index in [4.69, 9.17) is 0 Å². The maximum atomic E-state index is 12.4. The molecule has 3 rings (SSSR count). The predicted molar refractivity (Wildman–Crippen MR) is 95.2 cm³/mol. The summed E-state index contributed by atoms with van der Waals surface area (Å²) in [4.78, 5) is 31.2. The van der Waals surface area contributed by atoms with Gasteiger partial charge in [0.25, 0.3) is 5.56 Å². The van der Waals surface area contributed by atoms with Crippen LogP contribution in [0.1, 0.15) is 26.7 Å². The number of hydrogen-bond acceptors (Lipinski definition) is 5. The Labute approximate surface area is 146 Å². The molecule has 3 heterocycles. The molecule has 8 nitrogen and oxygen atoms in total. The summed E-state index contributed by atoms with van der Waals surface area (Å²) >= 11 is 0. The summed E-state index contributed by atoms with van der Waals surface area (Å²) in [7, 11) is 1.73. The van der Waals surface area contributed by atoms with Gasteiger partial charge < -0.3 is 5.32 Å². The highest BCUT2D eigenvalue weighted by molar-refractivity contribution is 5.77. The van der Waals surface area contributed by atoms with Crippen LogP contribution in [0.15, 0.2) is 17.3 Å². The van der Waals surface area contributed by atoms with Gasteiger partial charge in [0, 0.05) is 19.6 Å². The number of piperidine rings is 1. The molecule has 8 heteroatoms. The van der Waals surface area contributed by atoms with E-state index in [1.54, 1.807) is 11.7 Å². The number of carbonyl (C=O) groups excluding carboxylic acids is 1. The van der Waals surface area contributed by atoms with E-state index in [-0.39, 0.29) is 18.0 Å². The van der Waals surface area contributed by atoms with Crippen LogP contribution in [-0.2, 0) is 18.4 Å². The lowest BCUT2D eigenvalue weighted by atomic mass is 9.98. The van der Waals surface area contributed by atoms with Gasteiger partial charge in [-0.25, -0.2) is 4.98 Å². The standard InChI is InChI=1S/C17H26N6O2/c1-12-4-6-22(7-5-12)13(2)8-18-15(24)10-23-11-19-16-14(17(23)25)9-20-21(16)3/h9,11-13H,4-8,10H2,1-3H3,(H,18,24)/t13-/m0/s1. The summed E-state index contributed by atoms with van der Waals surface area (Å²) in [6.07, 6.45) is 5.31. The summed E-state index contributed by atoms with van der Waals surface area (Å²) in [6, 6.07) is 0.298. The molecule has 0 radical (unpaired) electrons. The van der Waals surface area contributed by atoms with E-state index in [9.17, 15) is 9.59 Å². The van der Waals surface area contributed by atoms with Crippen molar-refractivity contribution in [3.05, 3.63) is 22.9 Å². The molecule has 2 aromatic heterocycles. The topological polar surface area (TPSA) is 85.1 Å². The van der Waals surface area contributed by atoms with Gasteiger partial charge in [-0.05, 0) is 38.8 Å². The van der Waals surface area contributed by atoms with Gasteiger partial charge >= 0.3 is 0 Å². The van der Waals surface area contributed by atoms with Crippen LogP contribution in [0.3, 0.4) is 0 Å². The SMILES string of the molecule is CC1CCN([C@@H](C)CNC(=O)Cn2cnc3c(cnn3C)c2=O)CC1. The Morgan fingerprint density at radius 1 is 1.40 bits per heavy atom. The summed E-state index contributed by atoms with van der Waals surface area (Å²) in [5.74, 6) is 0.615. The largest absolute Gasteiger partial charge is 0.353 e. The van der Waals surface area contributed by atoms with Gasteiger partial charge in [0.05, 0.1) is 6.20 Å². The highest BCUT2D eigenvalue weighted by Crippen LogP contribution is 2.17. The fourth-order valence-corrected chi connectivity index (χ4v) is 3.25. The second kappa shape index (κ2) is 7.35. The average Bonchev–Trinajstić information content (AvgIpc) is 2.98. The lowest BCUT2D eigenvalue weighted by molar-refractivity contribution is -0.122. The predicted octanol–water partition coefficient (Wildman–Crippen LogP) is 0.367. The first-order chi connectivity index (χ1) is 12.0. The van der Waals surface area contributed by atoms with Crippen LogP contribution in [0, 0.1) is 5.92 Å². The zero-order valence-electron chi connectivity index (χ0n) is 15.1. The Hall–Kier alpha value is -2.22. The molecule has 1 N–H and O–H groups in total. The van der Waals surface area contributed by atoms with E-state index in [0.29, 0.717) is 23.6 Å². The number of hydrogen-bond donors (Lipinski definition) is 1. The second-order valence-electron chi connectivity index (χ2n) is 7.05. The van der Waals surface area contributed by atoms with Gasteiger partial charge in [-0.3, -0.25) is 23.7 Å². The molecule has 1 saturated heterocycles. The van der Waals surface area contributed by atoms with E-state index in [0.717, 1.165) is 19.0 Å². The van der Waals surface area contributed by atoms with Crippen LogP contribution in [0.4, 0.5) is 0 Å². The lowest BCUT2D eigenvalue weighted by Crippen LogP contribution is -2.46. The number of fused-ring (bicyclic) bond motifs is 1. The first kappa shape index (κ1) is 17.6. The maximum absolute atomic E-state index is 12.4. The van der Waals surface area contributed by atoms with E-state index in [1.165, 1.54) is 29.9 Å².